The zero-order valence-corrected chi connectivity index (χ0v) is 16.1. The number of hydrogen-bond acceptors (Lipinski definition) is 4. The van der Waals surface area contributed by atoms with Crippen molar-refractivity contribution >= 4 is 23.5 Å². The number of ether oxygens (including phenoxy) is 1. The fraction of sp³-hybridized carbons (Fsp3) is 0.400. The molecule has 3 rings (SSSR count). The van der Waals surface area contributed by atoms with Gasteiger partial charge in [-0.3, -0.25) is 0 Å². The maximum absolute atomic E-state index is 12.6. The Morgan fingerprint density at radius 1 is 1.23 bits per heavy atom. The van der Waals surface area contributed by atoms with Crippen molar-refractivity contribution in [3.63, 3.8) is 0 Å². The van der Waals surface area contributed by atoms with Crippen LogP contribution in [-0.2, 0) is 0 Å². The summed E-state index contributed by atoms with van der Waals surface area (Å²) in [5.74, 6) is 1.78. The standard InChI is InChI=1S/C20H24ClN3O2/c1-14(2)16-6-8-17(9-7-16)26-20(25)24-12-11-23(13-15(24)3)19-18(21)5-4-10-22-19/h4-10,14-15H,11-13H2,1-3H3. The van der Waals surface area contributed by atoms with Gasteiger partial charge >= 0.3 is 6.09 Å². The summed E-state index contributed by atoms with van der Waals surface area (Å²) in [6, 6.07) is 11.3. The van der Waals surface area contributed by atoms with Crippen molar-refractivity contribution in [1.29, 1.82) is 0 Å². The molecule has 6 heteroatoms. The van der Waals surface area contributed by atoms with Crippen molar-refractivity contribution < 1.29 is 9.53 Å². The van der Waals surface area contributed by atoms with E-state index < -0.39 is 0 Å². The Balaban J connectivity index is 1.62. The number of benzene rings is 1. The molecule has 0 N–H and O–H groups in total. The van der Waals surface area contributed by atoms with Gasteiger partial charge in [0.1, 0.15) is 11.6 Å². The SMILES string of the molecule is CC(C)c1ccc(OC(=O)N2CCN(c3ncccc3Cl)CC2C)cc1. The van der Waals surface area contributed by atoms with Crippen LogP contribution in [0.5, 0.6) is 5.75 Å². The molecule has 1 amide bonds. The summed E-state index contributed by atoms with van der Waals surface area (Å²) in [6.07, 6.45) is 1.41. The van der Waals surface area contributed by atoms with E-state index in [1.807, 2.05) is 43.3 Å². The topological polar surface area (TPSA) is 45.7 Å². The number of aromatic nitrogens is 1. The molecule has 2 aromatic rings. The van der Waals surface area contributed by atoms with Crippen molar-refractivity contribution in [2.75, 3.05) is 24.5 Å². The zero-order valence-electron chi connectivity index (χ0n) is 15.4. The molecule has 1 aliphatic rings. The maximum atomic E-state index is 12.6. The van der Waals surface area contributed by atoms with Crippen molar-refractivity contribution in [2.45, 2.75) is 32.7 Å². The summed E-state index contributed by atoms with van der Waals surface area (Å²) in [5, 5.41) is 0.626. The first-order valence-corrected chi connectivity index (χ1v) is 9.27. The van der Waals surface area contributed by atoms with Crippen molar-refractivity contribution in [3.05, 3.63) is 53.2 Å². The Bertz CT molecular complexity index is 764. The van der Waals surface area contributed by atoms with Gasteiger partial charge in [-0.1, -0.05) is 37.6 Å². The number of halogens is 1. The Morgan fingerprint density at radius 3 is 2.58 bits per heavy atom. The third-order valence-corrected chi connectivity index (χ3v) is 4.95. The molecule has 0 aliphatic carbocycles. The quantitative estimate of drug-likeness (QED) is 0.790. The normalized spacial score (nSPS) is 17.5. The van der Waals surface area contributed by atoms with E-state index in [0.717, 1.165) is 5.82 Å². The molecule has 1 saturated heterocycles. The molecule has 1 aromatic carbocycles. The number of rotatable bonds is 3. The van der Waals surface area contributed by atoms with E-state index >= 15 is 0 Å². The Kier molecular flexibility index (Phi) is 5.67. The van der Waals surface area contributed by atoms with Gasteiger partial charge in [-0.25, -0.2) is 9.78 Å². The zero-order chi connectivity index (χ0) is 18.7. The third kappa shape index (κ3) is 4.10. The fourth-order valence-corrected chi connectivity index (χ4v) is 3.35. The van der Waals surface area contributed by atoms with E-state index in [1.54, 1.807) is 11.1 Å². The summed E-state index contributed by atoms with van der Waals surface area (Å²) in [7, 11) is 0. The third-order valence-electron chi connectivity index (χ3n) is 4.65. The van der Waals surface area contributed by atoms with Crippen molar-refractivity contribution in [1.82, 2.24) is 9.88 Å². The highest BCUT2D eigenvalue weighted by Crippen LogP contribution is 2.25. The van der Waals surface area contributed by atoms with Crippen molar-refractivity contribution in [2.24, 2.45) is 0 Å². The number of hydrogen-bond donors (Lipinski definition) is 0. The van der Waals surface area contributed by atoms with Gasteiger partial charge in [-0.05, 0) is 42.7 Å². The summed E-state index contributed by atoms with van der Waals surface area (Å²) >= 11 is 6.24. The van der Waals surface area contributed by atoms with Crippen LogP contribution in [0, 0.1) is 0 Å². The number of carbonyl (C=O) groups excluding carboxylic acids is 1. The number of carbonyl (C=O) groups is 1. The van der Waals surface area contributed by atoms with E-state index in [1.165, 1.54) is 5.56 Å². The number of nitrogens with zero attached hydrogens (tertiary/aromatic N) is 3. The van der Waals surface area contributed by atoms with Gasteiger partial charge in [0.05, 0.1) is 5.02 Å². The average Bonchev–Trinajstić information content (AvgIpc) is 2.62. The minimum atomic E-state index is -0.318. The molecule has 138 valence electrons. The Hall–Kier alpha value is -2.27. The second kappa shape index (κ2) is 7.96. The average molecular weight is 374 g/mol. The van der Waals surface area contributed by atoms with E-state index in [2.05, 4.69) is 23.7 Å². The summed E-state index contributed by atoms with van der Waals surface area (Å²) in [5.41, 5.74) is 1.22. The first kappa shape index (κ1) is 18.5. The molecule has 0 radical (unpaired) electrons. The predicted molar refractivity (Wildman–Crippen MR) is 104 cm³/mol. The summed E-state index contributed by atoms with van der Waals surface area (Å²) in [6.45, 7) is 8.18. The van der Waals surface area contributed by atoms with Crippen LogP contribution in [0.4, 0.5) is 10.6 Å². The molecule has 0 saturated carbocycles. The molecule has 1 aliphatic heterocycles. The largest absolute Gasteiger partial charge is 0.415 e. The maximum Gasteiger partial charge on any atom is 0.415 e. The highest BCUT2D eigenvalue weighted by Gasteiger charge is 2.30. The molecule has 5 nitrogen and oxygen atoms in total. The summed E-state index contributed by atoms with van der Waals surface area (Å²) in [4.78, 5) is 20.8. The van der Waals surface area contributed by atoms with E-state index in [-0.39, 0.29) is 12.1 Å². The lowest BCUT2D eigenvalue weighted by Crippen LogP contribution is -2.55. The number of anilines is 1. The molecule has 26 heavy (non-hydrogen) atoms. The highest BCUT2D eigenvalue weighted by atomic mass is 35.5. The van der Waals surface area contributed by atoms with Gasteiger partial charge in [0.25, 0.3) is 0 Å². The van der Waals surface area contributed by atoms with Crippen LogP contribution in [0.3, 0.4) is 0 Å². The van der Waals surface area contributed by atoms with Gasteiger partial charge in [0.15, 0.2) is 0 Å². The second-order valence-electron chi connectivity index (χ2n) is 6.89. The molecular formula is C20H24ClN3O2. The lowest BCUT2D eigenvalue weighted by Gasteiger charge is -2.39. The van der Waals surface area contributed by atoms with Gasteiger partial charge in [0, 0.05) is 31.9 Å². The fourth-order valence-electron chi connectivity index (χ4n) is 3.11. The highest BCUT2D eigenvalue weighted by molar-refractivity contribution is 6.32. The lowest BCUT2D eigenvalue weighted by atomic mass is 10.0. The summed E-state index contributed by atoms with van der Waals surface area (Å²) < 4.78 is 5.55. The predicted octanol–water partition coefficient (Wildman–Crippen LogP) is 4.57. The van der Waals surface area contributed by atoms with Gasteiger partial charge in [-0.15, -0.1) is 0 Å². The first-order valence-electron chi connectivity index (χ1n) is 8.89. The number of piperazine rings is 1. The number of pyridine rings is 1. The minimum absolute atomic E-state index is 0.00394. The van der Waals surface area contributed by atoms with Crippen LogP contribution < -0.4 is 9.64 Å². The molecule has 1 fully saturated rings. The first-order chi connectivity index (χ1) is 12.5. The molecule has 1 aromatic heterocycles. The molecule has 1 unspecified atom stereocenters. The van der Waals surface area contributed by atoms with Crippen LogP contribution in [-0.4, -0.2) is 41.7 Å². The van der Waals surface area contributed by atoms with Crippen LogP contribution >= 0.6 is 11.6 Å². The molecule has 0 bridgehead atoms. The lowest BCUT2D eigenvalue weighted by molar-refractivity contribution is 0.129. The van der Waals surface area contributed by atoms with Crippen LogP contribution in [0.2, 0.25) is 5.02 Å². The Morgan fingerprint density at radius 2 is 1.96 bits per heavy atom. The smallest absolute Gasteiger partial charge is 0.410 e. The van der Waals surface area contributed by atoms with Crippen LogP contribution in [0.15, 0.2) is 42.6 Å². The van der Waals surface area contributed by atoms with E-state index in [0.29, 0.717) is 36.3 Å². The van der Waals surface area contributed by atoms with E-state index in [4.69, 9.17) is 16.3 Å². The van der Waals surface area contributed by atoms with Gasteiger partial charge in [0.2, 0.25) is 0 Å². The molecule has 0 spiro atoms. The molecule has 1 atom stereocenters. The number of amides is 1. The Labute approximate surface area is 159 Å². The second-order valence-corrected chi connectivity index (χ2v) is 7.30. The monoisotopic (exact) mass is 373 g/mol. The molecule has 2 heterocycles. The van der Waals surface area contributed by atoms with Crippen molar-refractivity contribution in [3.8, 4) is 5.75 Å². The minimum Gasteiger partial charge on any atom is -0.410 e. The van der Waals surface area contributed by atoms with Crippen LogP contribution in [0.1, 0.15) is 32.3 Å². The van der Waals surface area contributed by atoms with Crippen LogP contribution in [0.25, 0.3) is 0 Å². The molecular weight excluding hydrogens is 350 g/mol. The van der Waals surface area contributed by atoms with E-state index in [9.17, 15) is 4.79 Å². The van der Waals surface area contributed by atoms with Gasteiger partial charge < -0.3 is 14.5 Å². The van der Waals surface area contributed by atoms with Gasteiger partial charge in [-0.2, -0.15) is 0 Å².